The number of carbonyl (C=O) groups excluding carboxylic acids is 1. The first kappa shape index (κ1) is 20.7. The van der Waals surface area contributed by atoms with Gasteiger partial charge in [0, 0.05) is 36.6 Å². The van der Waals surface area contributed by atoms with E-state index in [0.29, 0.717) is 18.3 Å². The molecular weight excluding hydrogens is 384 g/mol. The summed E-state index contributed by atoms with van der Waals surface area (Å²) in [7, 11) is 1.78. The van der Waals surface area contributed by atoms with Crippen molar-refractivity contribution in [3.05, 3.63) is 72.1 Å². The summed E-state index contributed by atoms with van der Waals surface area (Å²) in [6.07, 6.45) is 3.44. The van der Waals surface area contributed by atoms with Crippen LogP contribution < -0.4 is 10.1 Å². The molecule has 0 saturated heterocycles. The Labute approximate surface area is 175 Å². The molecule has 3 aromatic rings. The Morgan fingerprint density at radius 1 is 1.14 bits per heavy atom. The molecule has 1 aromatic heterocycles. The lowest BCUT2D eigenvalue weighted by atomic mass is 10.2. The Hall–Kier alpha value is -3.06. The zero-order valence-electron chi connectivity index (χ0n) is 16.8. The van der Waals surface area contributed by atoms with Crippen LogP contribution in [0.3, 0.4) is 0 Å². The lowest BCUT2D eigenvalue weighted by molar-refractivity contribution is 0.220. The predicted octanol–water partition coefficient (Wildman–Crippen LogP) is 5.00. The first-order valence-electron chi connectivity index (χ1n) is 9.34. The number of amides is 2. The minimum Gasteiger partial charge on any atom is -0.494 e. The number of carbonyl (C=O) groups is 1. The van der Waals surface area contributed by atoms with Gasteiger partial charge in [-0.2, -0.15) is 0 Å². The number of hydrogen-bond donors (Lipinski definition) is 1. The molecule has 0 unspecified atom stereocenters. The van der Waals surface area contributed by atoms with Gasteiger partial charge < -0.3 is 15.0 Å². The highest BCUT2D eigenvalue weighted by Crippen LogP contribution is 2.28. The zero-order chi connectivity index (χ0) is 20.6. The second kappa shape index (κ2) is 9.93. The third-order valence-corrected chi connectivity index (χ3v) is 5.07. The number of benzene rings is 2. The number of hydrogen-bond acceptors (Lipinski definition) is 5. The molecule has 0 bridgehead atoms. The molecule has 0 aliphatic heterocycles. The van der Waals surface area contributed by atoms with E-state index < -0.39 is 0 Å². The van der Waals surface area contributed by atoms with Gasteiger partial charge in [-0.1, -0.05) is 12.1 Å². The molecule has 6 nitrogen and oxygen atoms in total. The van der Waals surface area contributed by atoms with Crippen LogP contribution in [0, 0.1) is 6.92 Å². The normalized spacial score (nSPS) is 10.4. The number of ether oxygens (including phenoxy) is 1. The van der Waals surface area contributed by atoms with Gasteiger partial charge in [0.25, 0.3) is 0 Å². The number of urea groups is 1. The van der Waals surface area contributed by atoms with Crippen molar-refractivity contribution in [3.8, 4) is 5.75 Å². The third-order valence-electron chi connectivity index (χ3n) is 4.19. The smallest absolute Gasteiger partial charge is 0.321 e. The van der Waals surface area contributed by atoms with Crippen molar-refractivity contribution in [1.29, 1.82) is 0 Å². The fraction of sp³-hybridized carbons (Fsp3) is 0.227. The predicted molar refractivity (Wildman–Crippen MR) is 115 cm³/mol. The molecule has 150 valence electrons. The monoisotopic (exact) mass is 408 g/mol. The summed E-state index contributed by atoms with van der Waals surface area (Å²) < 4.78 is 5.45. The number of nitrogens with zero attached hydrogens (tertiary/aromatic N) is 3. The summed E-state index contributed by atoms with van der Waals surface area (Å²) in [5.41, 5.74) is 2.80. The number of nitrogens with one attached hydrogen (secondary N) is 1. The van der Waals surface area contributed by atoms with Gasteiger partial charge in [0.1, 0.15) is 5.75 Å². The van der Waals surface area contributed by atoms with Crippen molar-refractivity contribution in [3.63, 3.8) is 0 Å². The summed E-state index contributed by atoms with van der Waals surface area (Å²) in [6, 6.07) is 15.3. The van der Waals surface area contributed by atoms with Crippen molar-refractivity contribution >= 4 is 23.5 Å². The van der Waals surface area contributed by atoms with Crippen molar-refractivity contribution < 1.29 is 9.53 Å². The number of rotatable bonds is 7. The Morgan fingerprint density at radius 3 is 2.52 bits per heavy atom. The molecule has 0 aliphatic carbocycles. The van der Waals surface area contributed by atoms with Gasteiger partial charge in [0.2, 0.25) is 0 Å². The standard InChI is InChI=1S/C22H24N4O2S/c1-4-28-18-8-6-17(7-9-18)15-26(3)22(27)25-20-11-10-19(14-16(20)2)29-21-23-12-5-13-24-21/h5-14H,4,15H2,1-3H3,(H,25,27). The second-order valence-electron chi connectivity index (χ2n) is 6.47. The van der Waals surface area contributed by atoms with Gasteiger partial charge in [-0.15, -0.1) is 0 Å². The van der Waals surface area contributed by atoms with Gasteiger partial charge in [-0.05, 0) is 73.1 Å². The maximum absolute atomic E-state index is 12.6. The van der Waals surface area contributed by atoms with E-state index >= 15 is 0 Å². The molecule has 3 rings (SSSR count). The molecule has 29 heavy (non-hydrogen) atoms. The SMILES string of the molecule is CCOc1ccc(CN(C)C(=O)Nc2ccc(Sc3ncccn3)cc2C)cc1. The number of aromatic nitrogens is 2. The first-order valence-corrected chi connectivity index (χ1v) is 10.2. The Balaban J connectivity index is 1.59. The molecule has 7 heteroatoms. The van der Waals surface area contributed by atoms with E-state index in [1.807, 2.05) is 56.3 Å². The first-order chi connectivity index (χ1) is 14.0. The van der Waals surface area contributed by atoms with E-state index in [2.05, 4.69) is 15.3 Å². The molecule has 1 N–H and O–H groups in total. The van der Waals surface area contributed by atoms with E-state index in [1.165, 1.54) is 11.8 Å². The molecule has 2 aromatic carbocycles. The van der Waals surface area contributed by atoms with Gasteiger partial charge >= 0.3 is 6.03 Å². The van der Waals surface area contributed by atoms with Gasteiger partial charge in [-0.25, -0.2) is 14.8 Å². The molecule has 2 amide bonds. The van der Waals surface area contributed by atoms with Crippen LogP contribution in [0.1, 0.15) is 18.1 Å². The second-order valence-corrected chi connectivity index (χ2v) is 7.51. The lowest BCUT2D eigenvalue weighted by Gasteiger charge is -2.19. The fourth-order valence-corrected chi connectivity index (χ4v) is 3.51. The quantitative estimate of drug-likeness (QED) is 0.557. The van der Waals surface area contributed by atoms with Crippen LogP contribution in [0.15, 0.2) is 71.0 Å². The van der Waals surface area contributed by atoms with Crippen LogP contribution in [0.5, 0.6) is 5.75 Å². The maximum Gasteiger partial charge on any atom is 0.321 e. The van der Waals surface area contributed by atoms with Gasteiger partial charge in [-0.3, -0.25) is 0 Å². The summed E-state index contributed by atoms with van der Waals surface area (Å²) in [6.45, 7) is 5.07. The van der Waals surface area contributed by atoms with Crippen molar-refractivity contribution in [2.45, 2.75) is 30.4 Å². The highest BCUT2D eigenvalue weighted by molar-refractivity contribution is 7.99. The highest BCUT2D eigenvalue weighted by atomic mass is 32.2. The van der Waals surface area contributed by atoms with E-state index in [0.717, 1.165) is 27.5 Å². The van der Waals surface area contributed by atoms with Crippen LogP contribution in [0.25, 0.3) is 0 Å². The topological polar surface area (TPSA) is 67.3 Å². The van der Waals surface area contributed by atoms with E-state index in [9.17, 15) is 4.79 Å². The van der Waals surface area contributed by atoms with Crippen LogP contribution in [-0.2, 0) is 6.54 Å². The molecular formula is C22H24N4O2S. The Kier molecular flexibility index (Phi) is 7.08. The Morgan fingerprint density at radius 2 is 1.86 bits per heavy atom. The minimum absolute atomic E-state index is 0.159. The third kappa shape index (κ3) is 5.96. The van der Waals surface area contributed by atoms with E-state index in [-0.39, 0.29) is 6.03 Å². The van der Waals surface area contributed by atoms with Crippen LogP contribution in [0.4, 0.5) is 10.5 Å². The average Bonchev–Trinajstić information content (AvgIpc) is 2.72. The number of aryl methyl sites for hydroxylation is 1. The average molecular weight is 409 g/mol. The Bertz CT molecular complexity index is 949. The summed E-state index contributed by atoms with van der Waals surface area (Å²) in [5.74, 6) is 0.831. The molecule has 0 fully saturated rings. The fourth-order valence-electron chi connectivity index (χ4n) is 2.70. The largest absolute Gasteiger partial charge is 0.494 e. The summed E-state index contributed by atoms with van der Waals surface area (Å²) in [4.78, 5) is 23.7. The van der Waals surface area contributed by atoms with Crippen LogP contribution >= 0.6 is 11.8 Å². The maximum atomic E-state index is 12.6. The molecule has 0 radical (unpaired) electrons. The number of anilines is 1. The van der Waals surface area contributed by atoms with Crippen LogP contribution in [0.2, 0.25) is 0 Å². The molecule has 0 saturated carbocycles. The molecule has 0 atom stereocenters. The molecule has 0 spiro atoms. The highest BCUT2D eigenvalue weighted by Gasteiger charge is 2.12. The van der Waals surface area contributed by atoms with E-state index in [4.69, 9.17) is 4.74 Å². The summed E-state index contributed by atoms with van der Waals surface area (Å²) >= 11 is 1.49. The van der Waals surface area contributed by atoms with Crippen molar-refractivity contribution in [1.82, 2.24) is 14.9 Å². The van der Waals surface area contributed by atoms with E-state index in [1.54, 1.807) is 30.4 Å². The molecule has 0 aliphatic rings. The van der Waals surface area contributed by atoms with Crippen molar-refractivity contribution in [2.75, 3.05) is 19.0 Å². The molecule has 1 heterocycles. The van der Waals surface area contributed by atoms with Gasteiger partial charge in [0.05, 0.1) is 6.61 Å². The minimum atomic E-state index is -0.159. The van der Waals surface area contributed by atoms with Crippen molar-refractivity contribution in [2.24, 2.45) is 0 Å². The van der Waals surface area contributed by atoms with Crippen LogP contribution in [-0.4, -0.2) is 34.6 Å². The summed E-state index contributed by atoms with van der Waals surface area (Å²) in [5, 5.41) is 3.67. The zero-order valence-corrected chi connectivity index (χ0v) is 17.6. The lowest BCUT2D eigenvalue weighted by Crippen LogP contribution is -2.31. The van der Waals surface area contributed by atoms with Gasteiger partial charge in [0.15, 0.2) is 5.16 Å².